The van der Waals surface area contributed by atoms with Crippen LogP contribution in [0.5, 0.6) is 0 Å². The summed E-state index contributed by atoms with van der Waals surface area (Å²) in [6.45, 7) is 6.04. The van der Waals surface area contributed by atoms with Crippen molar-refractivity contribution in [1.82, 2.24) is 0 Å². The van der Waals surface area contributed by atoms with Gasteiger partial charge in [-0.2, -0.15) is 0 Å². The van der Waals surface area contributed by atoms with Gasteiger partial charge in [0.25, 0.3) is 0 Å². The molecule has 0 radical (unpaired) electrons. The van der Waals surface area contributed by atoms with E-state index in [1.54, 1.807) is 0 Å². The summed E-state index contributed by atoms with van der Waals surface area (Å²) in [7, 11) is 0. The van der Waals surface area contributed by atoms with Crippen molar-refractivity contribution in [1.29, 1.82) is 0 Å². The molecule has 0 aromatic carbocycles. The molecule has 12 heavy (non-hydrogen) atoms. The molecule has 72 valence electrons. The van der Waals surface area contributed by atoms with Gasteiger partial charge in [0.05, 0.1) is 17.8 Å². The molecule has 1 N–H and O–H groups in total. The zero-order valence-corrected chi connectivity index (χ0v) is 8.34. The predicted molar refractivity (Wildman–Crippen MR) is 49.1 cm³/mol. The molecule has 0 heterocycles. The highest BCUT2D eigenvalue weighted by Crippen LogP contribution is 2.29. The Kier molecular flexibility index (Phi) is 3.13. The van der Waals surface area contributed by atoms with Gasteiger partial charge in [-0.05, 0) is 46.5 Å². The third kappa shape index (κ3) is 3.11. The van der Waals surface area contributed by atoms with Crippen LogP contribution in [-0.4, -0.2) is 22.9 Å². The third-order valence-electron chi connectivity index (χ3n) is 2.47. The molecule has 1 saturated carbocycles. The van der Waals surface area contributed by atoms with Gasteiger partial charge in [0.1, 0.15) is 0 Å². The van der Waals surface area contributed by atoms with Gasteiger partial charge in [0.15, 0.2) is 0 Å². The summed E-state index contributed by atoms with van der Waals surface area (Å²) < 4.78 is 5.67. The average molecular weight is 172 g/mol. The highest BCUT2D eigenvalue weighted by atomic mass is 16.5. The number of rotatable bonds is 2. The first-order valence-electron chi connectivity index (χ1n) is 4.87. The van der Waals surface area contributed by atoms with Crippen LogP contribution in [0.1, 0.15) is 46.5 Å². The number of aliphatic hydroxyl groups is 1. The molecule has 1 rings (SSSR count). The maximum absolute atomic E-state index is 9.67. The molecule has 0 spiro atoms. The van der Waals surface area contributed by atoms with Crippen LogP contribution in [0.2, 0.25) is 0 Å². The molecule has 0 aliphatic heterocycles. The Labute approximate surface area is 74.9 Å². The van der Waals surface area contributed by atoms with Crippen molar-refractivity contribution in [3.05, 3.63) is 0 Å². The fraction of sp³-hybridized carbons (Fsp3) is 1.00. The number of hydrogen-bond acceptors (Lipinski definition) is 2. The topological polar surface area (TPSA) is 29.5 Å². The van der Waals surface area contributed by atoms with Gasteiger partial charge in [0.2, 0.25) is 0 Å². The SMILES string of the molecule is CC(C)OC1CCC(C)(O)CC1. The van der Waals surface area contributed by atoms with E-state index >= 15 is 0 Å². The summed E-state index contributed by atoms with van der Waals surface area (Å²) in [5, 5.41) is 9.67. The van der Waals surface area contributed by atoms with Gasteiger partial charge < -0.3 is 9.84 Å². The van der Waals surface area contributed by atoms with Crippen molar-refractivity contribution in [2.45, 2.75) is 64.3 Å². The van der Waals surface area contributed by atoms with Gasteiger partial charge >= 0.3 is 0 Å². The number of hydrogen-bond donors (Lipinski definition) is 1. The molecule has 2 nitrogen and oxygen atoms in total. The fourth-order valence-electron chi connectivity index (χ4n) is 1.73. The molecule has 2 heteroatoms. The van der Waals surface area contributed by atoms with Gasteiger partial charge in [0, 0.05) is 0 Å². The monoisotopic (exact) mass is 172 g/mol. The Morgan fingerprint density at radius 2 is 1.83 bits per heavy atom. The minimum Gasteiger partial charge on any atom is -0.390 e. The van der Waals surface area contributed by atoms with E-state index in [2.05, 4.69) is 13.8 Å². The van der Waals surface area contributed by atoms with Crippen LogP contribution in [-0.2, 0) is 4.74 Å². The molecular formula is C10H20O2. The van der Waals surface area contributed by atoms with Crippen LogP contribution in [0.3, 0.4) is 0 Å². The first-order chi connectivity index (χ1) is 5.49. The van der Waals surface area contributed by atoms with E-state index in [0.29, 0.717) is 12.2 Å². The first kappa shape index (κ1) is 10.0. The van der Waals surface area contributed by atoms with Crippen molar-refractivity contribution >= 4 is 0 Å². The van der Waals surface area contributed by atoms with Gasteiger partial charge in [-0.1, -0.05) is 0 Å². The van der Waals surface area contributed by atoms with Crippen LogP contribution in [0.4, 0.5) is 0 Å². The summed E-state index contributed by atoms with van der Waals surface area (Å²) in [5.74, 6) is 0. The van der Waals surface area contributed by atoms with E-state index in [9.17, 15) is 5.11 Å². The lowest BCUT2D eigenvalue weighted by atomic mass is 9.85. The summed E-state index contributed by atoms with van der Waals surface area (Å²) >= 11 is 0. The second kappa shape index (κ2) is 3.75. The van der Waals surface area contributed by atoms with E-state index in [-0.39, 0.29) is 0 Å². The minimum atomic E-state index is -0.434. The molecule has 0 amide bonds. The molecule has 1 aliphatic rings. The highest BCUT2D eigenvalue weighted by Gasteiger charge is 2.29. The lowest BCUT2D eigenvalue weighted by molar-refractivity contribution is -0.0643. The smallest absolute Gasteiger partial charge is 0.0621 e. The van der Waals surface area contributed by atoms with E-state index in [0.717, 1.165) is 25.7 Å². The lowest BCUT2D eigenvalue weighted by Gasteiger charge is -2.33. The number of ether oxygens (including phenoxy) is 1. The van der Waals surface area contributed by atoms with Crippen molar-refractivity contribution in [3.8, 4) is 0 Å². The van der Waals surface area contributed by atoms with Crippen LogP contribution >= 0.6 is 0 Å². The maximum Gasteiger partial charge on any atom is 0.0621 e. The zero-order chi connectivity index (χ0) is 9.19. The standard InChI is InChI=1S/C10H20O2/c1-8(2)12-9-4-6-10(3,11)7-5-9/h8-9,11H,4-7H2,1-3H3. The van der Waals surface area contributed by atoms with Crippen molar-refractivity contribution in [3.63, 3.8) is 0 Å². The van der Waals surface area contributed by atoms with Gasteiger partial charge in [-0.3, -0.25) is 0 Å². The van der Waals surface area contributed by atoms with E-state index in [1.165, 1.54) is 0 Å². The Hall–Kier alpha value is -0.0800. The third-order valence-corrected chi connectivity index (χ3v) is 2.47. The molecule has 0 atom stereocenters. The highest BCUT2D eigenvalue weighted by molar-refractivity contribution is 4.81. The van der Waals surface area contributed by atoms with E-state index in [4.69, 9.17) is 4.74 Å². The predicted octanol–water partition coefficient (Wildman–Crippen LogP) is 2.10. The minimum absolute atomic E-state index is 0.318. The van der Waals surface area contributed by atoms with E-state index < -0.39 is 5.60 Å². The van der Waals surface area contributed by atoms with Crippen LogP contribution < -0.4 is 0 Å². The maximum atomic E-state index is 9.67. The van der Waals surface area contributed by atoms with Crippen LogP contribution in [0.15, 0.2) is 0 Å². The second-order valence-corrected chi connectivity index (χ2v) is 4.38. The normalized spacial score (nSPS) is 37.2. The summed E-state index contributed by atoms with van der Waals surface area (Å²) in [6.07, 6.45) is 4.47. The Morgan fingerprint density at radius 3 is 2.25 bits per heavy atom. The largest absolute Gasteiger partial charge is 0.390 e. The Balaban J connectivity index is 2.27. The molecule has 0 saturated heterocycles. The molecule has 0 unspecified atom stereocenters. The molecule has 0 aromatic rings. The van der Waals surface area contributed by atoms with Crippen molar-refractivity contribution < 1.29 is 9.84 Å². The molecule has 1 aliphatic carbocycles. The summed E-state index contributed by atoms with van der Waals surface area (Å²) in [6, 6.07) is 0. The zero-order valence-electron chi connectivity index (χ0n) is 8.34. The Bertz CT molecular complexity index is 131. The first-order valence-corrected chi connectivity index (χ1v) is 4.87. The summed E-state index contributed by atoms with van der Waals surface area (Å²) in [5.41, 5.74) is -0.434. The van der Waals surface area contributed by atoms with Crippen LogP contribution in [0, 0.1) is 0 Å². The quantitative estimate of drug-likeness (QED) is 0.691. The van der Waals surface area contributed by atoms with E-state index in [1.807, 2.05) is 6.92 Å². The van der Waals surface area contributed by atoms with Crippen LogP contribution in [0.25, 0.3) is 0 Å². The molecule has 0 bridgehead atoms. The molecular weight excluding hydrogens is 152 g/mol. The second-order valence-electron chi connectivity index (χ2n) is 4.38. The van der Waals surface area contributed by atoms with Gasteiger partial charge in [-0.25, -0.2) is 0 Å². The molecule has 1 fully saturated rings. The lowest BCUT2D eigenvalue weighted by Crippen LogP contribution is -2.34. The van der Waals surface area contributed by atoms with Crippen molar-refractivity contribution in [2.24, 2.45) is 0 Å². The molecule has 0 aromatic heterocycles. The fourth-order valence-corrected chi connectivity index (χ4v) is 1.73. The van der Waals surface area contributed by atoms with Crippen molar-refractivity contribution in [2.75, 3.05) is 0 Å². The average Bonchev–Trinajstić information content (AvgIpc) is 1.93. The summed E-state index contributed by atoms with van der Waals surface area (Å²) in [4.78, 5) is 0. The Morgan fingerprint density at radius 1 is 1.33 bits per heavy atom. The van der Waals surface area contributed by atoms with Gasteiger partial charge in [-0.15, -0.1) is 0 Å².